The number of H-pyrrole nitrogens is 1. The molecule has 0 saturated heterocycles. The Morgan fingerprint density at radius 1 is 1.20 bits per heavy atom. The maximum atomic E-state index is 13.8. The third kappa shape index (κ3) is 4.00. The molecular weight excluding hydrogens is 399 g/mol. The van der Waals surface area contributed by atoms with E-state index in [2.05, 4.69) is 14.7 Å². The van der Waals surface area contributed by atoms with Gasteiger partial charge in [0.25, 0.3) is 5.56 Å². The van der Waals surface area contributed by atoms with Crippen molar-refractivity contribution in [1.29, 1.82) is 0 Å². The molecule has 30 heavy (non-hydrogen) atoms. The number of halogens is 3. The number of fused-ring (bicyclic) bond motifs is 1. The van der Waals surface area contributed by atoms with Crippen LogP contribution in [-0.2, 0) is 10.9 Å². The Bertz CT molecular complexity index is 1150. The zero-order valence-electron chi connectivity index (χ0n) is 16.8. The number of aryl methyl sites for hydroxylation is 1. The highest BCUT2D eigenvalue weighted by Crippen LogP contribution is 2.38. The Hall–Kier alpha value is -3.36. The smallest absolute Gasteiger partial charge is 0.416 e. The van der Waals surface area contributed by atoms with Crippen LogP contribution >= 0.6 is 0 Å². The predicted molar refractivity (Wildman–Crippen MR) is 107 cm³/mol. The van der Waals surface area contributed by atoms with Crippen LogP contribution in [0, 0.1) is 6.92 Å². The molecule has 3 aromatic rings. The number of alkyl halides is 3. The van der Waals surface area contributed by atoms with Crippen LogP contribution in [0.2, 0.25) is 0 Å². The first-order chi connectivity index (χ1) is 14.0. The molecule has 0 unspecified atom stereocenters. The van der Waals surface area contributed by atoms with Crippen LogP contribution in [0.1, 0.15) is 40.3 Å². The number of hydrogen-bond donors (Lipinski definition) is 1. The van der Waals surface area contributed by atoms with Crippen molar-refractivity contribution in [3.05, 3.63) is 69.3 Å². The number of anilines is 1. The Kier molecular flexibility index (Phi) is 5.56. The van der Waals surface area contributed by atoms with E-state index in [9.17, 15) is 22.8 Å². The number of nitrogens with zero attached hydrogens (tertiary/aromatic N) is 2. The summed E-state index contributed by atoms with van der Waals surface area (Å²) >= 11 is 0. The van der Waals surface area contributed by atoms with Crippen molar-refractivity contribution in [2.45, 2.75) is 26.1 Å². The quantitative estimate of drug-likeness (QED) is 0.641. The molecule has 1 atom stereocenters. The van der Waals surface area contributed by atoms with Crippen molar-refractivity contribution in [2.75, 3.05) is 19.1 Å². The highest BCUT2D eigenvalue weighted by atomic mass is 19.4. The van der Waals surface area contributed by atoms with Crippen LogP contribution in [0.3, 0.4) is 0 Å². The topological polar surface area (TPSA) is 75.3 Å². The molecular formula is C21H20F3N3O3. The summed E-state index contributed by atoms with van der Waals surface area (Å²) in [5.41, 5.74) is -0.477. The molecule has 0 amide bonds. The van der Waals surface area contributed by atoms with Gasteiger partial charge in [-0.25, -0.2) is 9.78 Å². The van der Waals surface area contributed by atoms with Gasteiger partial charge < -0.3 is 14.6 Å². The summed E-state index contributed by atoms with van der Waals surface area (Å²) in [5, 5.41) is 0.0879. The molecule has 1 N–H and O–H groups in total. The van der Waals surface area contributed by atoms with Crippen molar-refractivity contribution < 1.29 is 22.7 Å². The van der Waals surface area contributed by atoms with E-state index in [0.29, 0.717) is 11.3 Å². The van der Waals surface area contributed by atoms with Gasteiger partial charge in [0, 0.05) is 12.7 Å². The van der Waals surface area contributed by atoms with Crippen LogP contribution in [0.4, 0.5) is 18.9 Å². The molecule has 1 aromatic heterocycles. The molecule has 0 aliphatic rings. The zero-order chi connectivity index (χ0) is 22.2. The summed E-state index contributed by atoms with van der Waals surface area (Å²) in [6.07, 6.45) is -4.62. The summed E-state index contributed by atoms with van der Waals surface area (Å²) in [6, 6.07) is 7.74. The van der Waals surface area contributed by atoms with Crippen LogP contribution in [0.5, 0.6) is 0 Å². The average Bonchev–Trinajstić information content (AvgIpc) is 2.70. The fourth-order valence-electron chi connectivity index (χ4n) is 3.29. The fourth-order valence-corrected chi connectivity index (χ4v) is 3.29. The molecule has 0 bridgehead atoms. The second kappa shape index (κ2) is 7.81. The third-order valence-corrected chi connectivity index (χ3v) is 5.03. The van der Waals surface area contributed by atoms with Crippen LogP contribution in [-0.4, -0.2) is 30.1 Å². The third-order valence-electron chi connectivity index (χ3n) is 5.03. The first-order valence-electron chi connectivity index (χ1n) is 9.06. The van der Waals surface area contributed by atoms with Crippen LogP contribution in [0.15, 0.2) is 41.2 Å². The lowest BCUT2D eigenvalue weighted by molar-refractivity contribution is -0.138. The highest BCUT2D eigenvalue weighted by Gasteiger charge is 2.36. The van der Waals surface area contributed by atoms with E-state index in [1.165, 1.54) is 32.2 Å². The molecule has 0 saturated carbocycles. The number of carbonyl (C=O) groups excluding carboxylic acids is 1. The number of aromatic nitrogens is 2. The average molecular weight is 419 g/mol. The maximum Gasteiger partial charge on any atom is 0.416 e. The van der Waals surface area contributed by atoms with Crippen molar-refractivity contribution >= 4 is 22.6 Å². The number of benzene rings is 2. The normalized spacial score (nSPS) is 12.6. The van der Waals surface area contributed by atoms with Gasteiger partial charge in [0.05, 0.1) is 35.2 Å². The summed E-state index contributed by atoms with van der Waals surface area (Å²) in [5.74, 6) is -0.266. The Morgan fingerprint density at radius 2 is 1.83 bits per heavy atom. The standard InChI is InChI=1S/C21H20F3N3O3/c1-11(27(3)14-7-5-13(6-8-14)20(29)30-4)15-9-16-18(10-17(15)21(22,23)24)25-12(2)26-19(16)28/h5-11H,1-4H3,(H,25,26,28)/t11-/m0/s1. The van der Waals surface area contributed by atoms with Crippen molar-refractivity contribution in [2.24, 2.45) is 0 Å². The summed E-state index contributed by atoms with van der Waals surface area (Å²) in [7, 11) is 2.90. The SMILES string of the molecule is COC(=O)c1ccc(N(C)[C@@H](C)c2cc3c(=O)[nH]c(C)nc3cc2C(F)(F)F)cc1. The Balaban J connectivity index is 2.09. The molecule has 1 heterocycles. The molecule has 2 aromatic carbocycles. The zero-order valence-corrected chi connectivity index (χ0v) is 16.8. The molecule has 3 rings (SSSR count). The number of carbonyl (C=O) groups is 1. The van der Waals surface area contributed by atoms with Gasteiger partial charge in [0.2, 0.25) is 0 Å². The molecule has 0 radical (unpaired) electrons. The second-order valence-corrected chi connectivity index (χ2v) is 6.93. The van der Waals surface area contributed by atoms with Gasteiger partial charge in [-0.15, -0.1) is 0 Å². The van der Waals surface area contributed by atoms with E-state index >= 15 is 0 Å². The highest BCUT2D eigenvalue weighted by molar-refractivity contribution is 5.89. The second-order valence-electron chi connectivity index (χ2n) is 6.93. The van der Waals surface area contributed by atoms with Gasteiger partial charge in [-0.3, -0.25) is 4.79 Å². The van der Waals surface area contributed by atoms with E-state index in [-0.39, 0.29) is 22.3 Å². The van der Waals surface area contributed by atoms with Gasteiger partial charge in [0.1, 0.15) is 5.82 Å². The minimum atomic E-state index is -4.62. The summed E-state index contributed by atoms with van der Waals surface area (Å²) < 4.78 is 46.1. The first-order valence-corrected chi connectivity index (χ1v) is 9.06. The molecule has 6 nitrogen and oxygen atoms in total. The number of methoxy groups -OCH3 is 1. The maximum absolute atomic E-state index is 13.8. The van der Waals surface area contributed by atoms with Gasteiger partial charge in [0.15, 0.2) is 0 Å². The Morgan fingerprint density at radius 3 is 2.40 bits per heavy atom. The van der Waals surface area contributed by atoms with Gasteiger partial charge >= 0.3 is 12.1 Å². The van der Waals surface area contributed by atoms with E-state index in [4.69, 9.17) is 0 Å². The largest absolute Gasteiger partial charge is 0.465 e. The van der Waals surface area contributed by atoms with Gasteiger partial charge in [-0.2, -0.15) is 13.2 Å². The first kappa shape index (κ1) is 21.4. The number of rotatable bonds is 4. The summed E-state index contributed by atoms with van der Waals surface area (Å²) in [6.45, 7) is 3.12. The molecule has 158 valence electrons. The molecule has 0 aliphatic heterocycles. The fraction of sp³-hybridized carbons (Fsp3) is 0.286. The molecule has 0 spiro atoms. The minimum absolute atomic E-state index is 0.00962. The van der Waals surface area contributed by atoms with E-state index in [0.717, 1.165) is 6.07 Å². The van der Waals surface area contributed by atoms with Crippen molar-refractivity contribution in [1.82, 2.24) is 9.97 Å². The number of aromatic amines is 1. The number of esters is 1. The van der Waals surface area contributed by atoms with Crippen molar-refractivity contribution in [3.8, 4) is 0 Å². The Labute approximate surface area is 170 Å². The number of hydrogen-bond acceptors (Lipinski definition) is 5. The lowest BCUT2D eigenvalue weighted by Gasteiger charge is -2.29. The predicted octanol–water partition coefficient (Wildman–Crippen LogP) is 4.23. The van der Waals surface area contributed by atoms with Gasteiger partial charge in [-0.1, -0.05) is 0 Å². The van der Waals surface area contributed by atoms with Gasteiger partial charge in [-0.05, 0) is 55.8 Å². The minimum Gasteiger partial charge on any atom is -0.465 e. The molecule has 0 fully saturated rings. The van der Waals surface area contributed by atoms with Crippen molar-refractivity contribution in [3.63, 3.8) is 0 Å². The number of ether oxygens (including phenoxy) is 1. The molecule has 0 aliphatic carbocycles. The van der Waals surface area contributed by atoms with E-state index in [1.54, 1.807) is 31.0 Å². The lowest BCUT2D eigenvalue weighted by Crippen LogP contribution is -2.25. The molecule has 9 heteroatoms. The van der Waals surface area contributed by atoms with E-state index < -0.39 is 29.3 Å². The lowest BCUT2D eigenvalue weighted by atomic mass is 9.97. The van der Waals surface area contributed by atoms with Crippen LogP contribution < -0.4 is 10.5 Å². The summed E-state index contributed by atoms with van der Waals surface area (Å²) in [4.78, 5) is 32.0. The van der Waals surface area contributed by atoms with E-state index in [1.807, 2.05) is 0 Å². The monoisotopic (exact) mass is 419 g/mol. The number of nitrogens with one attached hydrogen (secondary N) is 1. The van der Waals surface area contributed by atoms with Crippen LogP contribution in [0.25, 0.3) is 10.9 Å².